The van der Waals surface area contributed by atoms with E-state index in [4.69, 9.17) is 8.92 Å². The van der Waals surface area contributed by atoms with Gasteiger partial charge in [0.15, 0.2) is 0 Å². The quantitative estimate of drug-likeness (QED) is 0.195. The molecule has 0 aromatic heterocycles. The lowest BCUT2D eigenvalue weighted by Crippen LogP contribution is -2.12. The Morgan fingerprint density at radius 2 is 1.49 bits per heavy atom. The number of hydrogen-bond donors (Lipinski definition) is 0. The van der Waals surface area contributed by atoms with Gasteiger partial charge in [-0.1, -0.05) is 94.3 Å². The highest BCUT2D eigenvalue weighted by Crippen LogP contribution is 2.37. The zero-order chi connectivity index (χ0) is 24.7. The third kappa shape index (κ3) is 6.82. The molecule has 0 N–H and O–H groups in total. The molecule has 0 saturated heterocycles. The van der Waals surface area contributed by atoms with Crippen LogP contribution in [-0.2, 0) is 20.9 Å². The van der Waals surface area contributed by atoms with Gasteiger partial charge < -0.3 is 4.74 Å². The van der Waals surface area contributed by atoms with E-state index in [0.29, 0.717) is 13.0 Å². The van der Waals surface area contributed by atoms with Gasteiger partial charge in [0.1, 0.15) is 12.4 Å². The molecular formula is C29H27BrO4S. The highest BCUT2D eigenvalue weighted by Gasteiger charge is 2.22. The number of rotatable bonds is 10. The lowest BCUT2D eigenvalue weighted by molar-refractivity contribution is 0.292. The summed E-state index contributed by atoms with van der Waals surface area (Å²) in [6.07, 6.45) is 0.466. The Bertz CT molecular complexity index is 1340. The second kappa shape index (κ2) is 11.7. The summed E-state index contributed by atoms with van der Waals surface area (Å²) in [6.45, 7) is 2.40. The van der Waals surface area contributed by atoms with E-state index in [9.17, 15) is 8.42 Å². The molecule has 0 heterocycles. The highest BCUT2D eigenvalue weighted by molar-refractivity contribution is 9.10. The van der Waals surface area contributed by atoms with Gasteiger partial charge >= 0.3 is 0 Å². The van der Waals surface area contributed by atoms with E-state index in [0.717, 1.165) is 32.5 Å². The SMILES string of the molecule is Cc1ccc(S(=O)(=O)OCC[C@H](c2ccccc2)c2cc(Br)ccc2OCc2ccccc2)cc1. The minimum absolute atomic E-state index is 0.0421. The van der Waals surface area contributed by atoms with Crippen molar-refractivity contribution in [2.75, 3.05) is 6.61 Å². The first kappa shape index (κ1) is 25.2. The molecule has 1 atom stereocenters. The van der Waals surface area contributed by atoms with E-state index >= 15 is 0 Å². The summed E-state index contributed by atoms with van der Waals surface area (Å²) in [5, 5.41) is 0. The summed E-state index contributed by atoms with van der Waals surface area (Å²) < 4.78 is 38.0. The average molecular weight is 552 g/mol. The molecule has 0 amide bonds. The molecule has 0 radical (unpaired) electrons. The Balaban J connectivity index is 1.57. The monoisotopic (exact) mass is 550 g/mol. The number of benzene rings is 4. The molecule has 0 saturated carbocycles. The Hall–Kier alpha value is -2.93. The molecule has 0 spiro atoms. The summed E-state index contributed by atoms with van der Waals surface area (Å²) in [6, 6.07) is 32.6. The third-order valence-electron chi connectivity index (χ3n) is 5.74. The maximum Gasteiger partial charge on any atom is 0.296 e. The molecular weight excluding hydrogens is 524 g/mol. The Morgan fingerprint density at radius 1 is 0.829 bits per heavy atom. The van der Waals surface area contributed by atoms with Crippen molar-refractivity contribution in [3.05, 3.63) is 130 Å². The van der Waals surface area contributed by atoms with Gasteiger partial charge in [0.25, 0.3) is 10.1 Å². The maximum atomic E-state index is 12.7. The first-order valence-electron chi connectivity index (χ1n) is 11.4. The molecule has 0 aliphatic rings. The molecule has 4 aromatic rings. The van der Waals surface area contributed by atoms with Crippen molar-refractivity contribution in [2.45, 2.75) is 30.8 Å². The van der Waals surface area contributed by atoms with Crippen LogP contribution < -0.4 is 4.74 Å². The predicted octanol–water partition coefficient (Wildman–Crippen LogP) is 7.26. The van der Waals surface area contributed by atoms with Crippen molar-refractivity contribution in [3.63, 3.8) is 0 Å². The molecule has 0 aliphatic heterocycles. The maximum absolute atomic E-state index is 12.7. The van der Waals surface area contributed by atoms with Crippen LogP contribution in [0.15, 0.2) is 112 Å². The number of hydrogen-bond acceptors (Lipinski definition) is 4. The summed E-state index contributed by atoms with van der Waals surface area (Å²) >= 11 is 3.59. The summed E-state index contributed by atoms with van der Waals surface area (Å²) in [5.74, 6) is 0.639. The van der Waals surface area contributed by atoms with Crippen LogP contribution in [0.1, 0.15) is 34.6 Å². The fraction of sp³-hybridized carbons (Fsp3) is 0.172. The van der Waals surface area contributed by atoms with E-state index in [2.05, 4.69) is 15.9 Å². The third-order valence-corrected chi connectivity index (χ3v) is 7.56. The Labute approximate surface area is 215 Å². The van der Waals surface area contributed by atoms with Gasteiger partial charge in [-0.2, -0.15) is 8.42 Å². The first-order valence-corrected chi connectivity index (χ1v) is 13.6. The summed E-state index contributed by atoms with van der Waals surface area (Å²) in [4.78, 5) is 0.161. The van der Waals surface area contributed by atoms with E-state index in [1.165, 1.54) is 0 Å². The van der Waals surface area contributed by atoms with Crippen LogP contribution in [0.3, 0.4) is 0 Å². The Morgan fingerprint density at radius 3 is 2.17 bits per heavy atom. The normalized spacial score (nSPS) is 12.3. The molecule has 0 unspecified atom stereocenters. The topological polar surface area (TPSA) is 52.6 Å². The van der Waals surface area contributed by atoms with E-state index in [-0.39, 0.29) is 17.4 Å². The lowest BCUT2D eigenvalue weighted by Gasteiger charge is -2.22. The van der Waals surface area contributed by atoms with E-state index in [1.807, 2.05) is 85.8 Å². The van der Waals surface area contributed by atoms with Crippen LogP contribution in [0, 0.1) is 6.92 Å². The molecule has 35 heavy (non-hydrogen) atoms. The van der Waals surface area contributed by atoms with E-state index in [1.54, 1.807) is 24.3 Å². The molecule has 0 bridgehead atoms. The number of ether oxygens (including phenoxy) is 1. The van der Waals surface area contributed by atoms with E-state index < -0.39 is 10.1 Å². The van der Waals surface area contributed by atoms with Crippen molar-refractivity contribution in [1.82, 2.24) is 0 Å². The van der Waals surface area contributed by atoms with Crippen LogP contribution in [-0.4, -0.2) is 15.0 Å². The van der Waals surface area contributed by atoms with Gasteiger partial charge in [-0.3, -0.25) is 4.18 Å². The molecule has 0 fully saturated rings. The summed E-state index contributed by atoms with van der Waals surface area (Å²) in [7, 11) is -3.84. The van der Waals surface area contributed by atoms with Gasteiger partial charge in [-0.05, 0) is 54.8 Å². The largest absolute Gasteiger partial charge is 0.489 e. The molecule has 4 nitrogen and oxygen atoms in total. The molecule has 0 aliphatic carbocycles. The summed E-state index contributed by atoms with van der Waals surface area (Å²) in [5.41, 5.74) is 4.10. The zero-order valence-electron chi connectivity index (χ0n) is 19.4. The second-order valence-electron chi connectivity index (χ2n) is 8.30. The predicted molar refractivity (Wildman–Crippen MR) is 142 cm³/mol. The van der Waals surface area contributed by atoms with Crippen LogP contribution in [0.5, 0.6) is 5.75 Å². The lowest BCUT2D eigenvalue weighted by atomic mass is 9.88. The minimum Gasteiger partial charge on any atom is -0.489 e. The van der Waals surface area contributed by atoms with Crippen LogP contribution >= 0.6 is 15.9 Å². The van der Waals surface area contributed by atoms with Crippen molar-refractivity contribution < 1.29 is 17.3 Å². The molecule has 4 rings (SSSR count). The van der Waals surface area contributed by atoms with Crippen LogP contribution in [0.2, 0.25) is 0 Å². The zero-order valence-corrected chi connectivity index (χ0v) is 21.8. The second-order valence-corrected chi connectivity index (χ2v) is 10.8. The molecule has 6 heteroatoms. The van der Waals surface area contributed by atoms with Gasteiger partial charge in [-0.25, -0.2) is 0 Å². The van der Waals surface area contributed by atoms with Crippen molar-refractivity contribution in [3.8, 4) is 5.75 Å². The fourth-order valence-electron chi connectivity index (χ4n) is 3.89. The highest BCUT2D eigenvalue weighted by atomic mass is 79.9. The van der Waals surface area contributed by atoms with Gasteiger partial charge in [-0.15, -0.1) is 0 Å². The number of halogens is 1. The Kier molecular flexibility index (Phi) is 8.39. The molecule has 180 valence electrons. The fourth-order valence-corrected chi connectivity index (χ4v) is 5.19. The minimum atomic E-state index is -3.84. The van der Waals surface area contributed by atoms with Crippen LogP contribution in [0.4, 0.5) is 0 Å². The van der Waals surface area contributed by atoms with Crippen LogP contribution in [0.25, 0.3) is 0 Å². The van der Waals surface area contributed by atoms with Gasteiger partial charge in [0, 0.05) is 16.0 Å². The van der Waals surface area contributed by atoms with Crippen molar-refractivity contribution >= 4 is 26.0 Å². The molecule has 4 aromatic carbocycles. The standard InChI is InChI=1S/C29H27BrO4S/c1-22-12-15-26(16-13-22)35(31,32)34-19-18-27(24-10-6-3-7-11-24)28-20-25(30)14-17-29(28)33-21-23-8-4-2-5-9-23/h2-17,20,27H,18-19,21H2,1H3/t27-/m1/s1. The average Bonchev–Trinajstić information content (AvgIpc) is 2.87. The first-order chi connectivity index (χ1) is 16.9. The van der Waals surface area contributed by atoms with Gasteiger partial charge in [0.05, 0.1) is 11.5 Å². The smallest absolute Gasteiger partial charge is 0.296 e. The van der Waals surface area contributed by atoms with Crippen molar-refractivity contribution in [2.24, 2.45) is 0 Å². The van der Waals surface area contributed by atoms with Gasteiger partial charge in [0.2, 0.25) is 0 Å². The van der Waals surface area contributed by atoms with Crippen molar-refractivity contribution in [1.29, 1.82) is 0 Å². The number of aryl methyl sites for hydroxylation is 1.